The fourth-order valence-electron chi connectivity index (χ4n) is 9.37. The standard InChI is InChI=1S/C57H111NO5/c1-5-9-13-17-21-24-25-26-27-28-29-30-31-32-33-34-36-37-40-44-48-53(52-55(60)62-51-47-43-39-23-19-15-11-7-3)57(58,50-46-42-20-16-12-8-4)56(61)63-54(59)49-45-41-38-35-22-18-14-10-6-2/h53H,5-52,58H2,1-4H3/t53?,57-/m1/s1. The highest BCUT2D eigenvalue weighted by Gasteiger charge is 2.44. The third-order valence-corrected chi connectivity index (χ3v) is 13.8. The minimum absolute atomic E-state index is 0.101. The lowest BCUT2D eigenvalue weighted by Crippen LogP contribution is -2.56. The second-order valence-electron chi connectivity index (χ2n) is 20.0. The van der Waals surface area contributed by atoms with Crippen molar-refractivity contribution >= 4 is 17.9 Å². The summed E-state index contributed by atoms with van der Waals surface area (Å²) in [5, 5.41) is 0. The van der Waals surface area contributed by atoms with Gasteiger partial charge in [-0.3, -0.25) is 9.59 Å². The predicted octanol–water partition coefficient (Wildman–Crippen LogP) is 18.3. The molecule has 0 aliphatic carbocycles. The van der Waals surface area contributed by atoms with E-state index in [9.17, 15) is 14.4 Å². The Hall–Kier alpha value is -1.43. The number of carbonyl (C=O) groups excluding carboxylic acids is 3. The molecular weight excluding hydrogens is 779 g/mol. The summed E-state index contributed by atoms with van der Waals surface area (Å²) in [6.45, 7) is 9.40. The second kappa shape index (κ2) is 48.5. The maximum Gasteiger partial charge on any atom is 0.334 e. The minimum Gasteiger partial charge on any atom is -0.466 e. The summed E-state index contributed by atoms with van der Waals surface area (Å²) in [6.07, 6.45) is 54.3. The van der Waals surface area contributed by atoms with E-state index in [0.29, 0.717) is 19.4 Å². The number of esters is 3. The largest absolute Gasteiger partial charge is 0.466 e. The number of unbranched alkanes of at least 4 members (excludes halogenated alkanes) is 39. The first-order valence-corrected chi connectivity index (χ1v) is 28.5. The first-order valence-electron chi connectivity index (χ1n) is 28.5. The van der Waals surface area contributed by atoms with Crippen LogP contribution in [0.1, 0.15) is 329 Å². The van der Waals surface area contributed by atoms with Crippen LogP contribution in [0.25, 0.3) is 0 Å². The smallest absolute Gasteiger partial charge is 0.334 e. The zero-order chi connectivity index (χ0) is 46.2. The Morgan fingerprint density at radius 3 is 1.05 bits per heavy atom. The molecule has 6 nitrogen and oxygen atoms in total. The van der Waals surface area contributed by atoms with Gasteiger partial charge in [-0.15, -0.1) is 0 Å². The van der Waals surface area contributed by atoms with Gasteiger partial charge in [-0.05, 0) is 31.6 Å². The van der Waals surface area contributed by atoms with Crippen molar-refractivity contribution in [2.24, 2.45) is 11.7 Å². The molecule has 0 aromatic carbocycles. The number of carbonyl (C=O) groups is 3. The molecule has 0 saturated heterocycles. The van der Waals surface area contributed by atoms with E-state index in [0.717, 1.165) is 70.6 Å². The predicted molar refractivity (Wildman–Crippen MR) is 272 cm³/mol. The van der Waals surface area contributed by atoms with Gasteiger partial charge in [-0.2, -0.15) is 0 Å². The third kappa shape index (κ3) is 40.6. The van der Waals surface area contributed by atoms with Crippen molar-refractivity contribution < 1.29 is 23.9 Å². The molecule has 0 bridgehead atoms. The summed E-state index contributed by atoms with van der Waals surface area (Å²) >= 11 is 0. The van der Waals surface area contributed by atoms with Crippen LogP contribution < -0.4 is 5.73 Å². The van der Waals surface area contributed by atoms with Crippen LogP contribution in [0.5, 0.6) is 0 Å². The Morgan fingerprint density at radius 1 is 0.381 bits per heavy atom. The second-order valence-corrected chi connectivity index (χ2v) is 20.0. The number of ether oxygens (including phenoxy) is 2. The van der Waals surface area contributed by atoms with Crippen LogP contribution in [0, 0.1) is 5.92 Å². The minimum atomic E-state index is -1.38. The van der Waals surface area contributed by atoms with E-state index < -0.39 is 23.4 Å². The van der Waals surface area contributed by atoms with Crippen LogP contribution in [0.4, 0.5) is 0 Å². The third-order valence-electron chi connectivity index (χ3n) is 13.8. The van der Waals surface area contributed by atoms with Crippen molar-refractivity contribution in [1.29, 1.82) is 0 Å². The molecule has 63 heavy (non-hydrogen) atoms. The van der Waals surface area contributed by atoms with Crippen molar-refractivity contribution in [1.82, 2.24) is 0 Å². The van der Waals surface area contributed by atoms with Gasteiger partial charge < -0.3 is 15.2 Å². The molecular formula is C57H111NO5. The lowest BCUT2D eigenvalue weighted by molar-refractivity contribution is -0.166. The van der Waals surface area contributed by atoms with Gasteiger partial charge in [0.2, 0.25) is 0 Å². The monoisotopic (exact) mass is 890 g/mol. The molecule has 0 aliphatic rings. The molecule has 0 aliphatic heterocycles. The highest BCUT2D eigenvalue weighted by atomic mass is 16.6. The Balaban J connectivity index is 5.08. The van der Waals surface area contributed by atoms with Crippen LogP contribution in [-0.4, -0.2) is 30.1 Å². The van der Waals surface area contributed by atoms with Crippen molar-refractivity contribution in [2.45, 2.75) is 335 Å². The fourth-order valence-corrected chi connectivity index (χ4v) is 9.37. The molecule has 0 rings (SSSR count). The van der Waals surface area contributed by atoms with Crippen molar-refractivity contribution in [3.05, 3.63) is 0 Å². The topological polar surface area (TPSA) is 95.7 Å². The zero-order valence-corrected chi connectivity index (χ0v) is 43.1. The molecule has 2 N–H and O–H groups in total. The Bertz CT molecular complexity index is 986. The van der Waals surface area contributed by atoms with Crippen LogP contribution in [0.2, 0.25) is 0 Å². The van der Waals surface area contributed by atoms with E-state index in [1.54, 1.807) is 0 Å². The molecule has 0 saturated carbocycles. The van der Waals surface area contributed by atoms with Crippen LogP contribution in [-0.2, 0) is 23.9 Å². The first kappa shape index (κ1) is 61.6. The maximum absolute atomic E-state index is 14.0. The SMILES string of the molecule is CCCCCCCCCCCCCCCCCCCCCCC(CC(=O)OCCCCCCCCCC)[C@](N)(CCCCCCCC)C(=O)OC(=O)CCCCCCCCCCC. The van der Waals surface area contributed by atoms with E-state index >= 15 is 0 Å². The molecule has 0 aromatic heterocycles. The number of rotatable bonds is 51. The molecule has 6 heteroatoms. The van der Waals surface area contributed by atoms with E-state index in [1.807, 2.05) is 0 Å². The van der Waals surface area contributed by atoms with Gasteiger partial charge in [-0.25, -0.2) is 4.79 Å². The average molecular weight is 891 g/mol. The van der Waals surface area contributed by atoms with E-state index in [-0.39, 0.29) is 18.8 Å². The molecule has 374 valence electrons. The summed E-state index contributed by atoms with van der Waals surface area (Å²) in [4.78, 5) is 40.5. The van der Waals surface area contributed by atoms with Crippen LogP contribution in [0.15, 0.2) is 0 Å². The summed E-state index contributed by atoms with van der Waals surface area (Å²) in [5.41, 5.74) is 5.78. The van der Waals surface area contributed by atoms with Gasteiger partial charge in [0.1, 0.15) is 5.54 Å². The maximum atomic E-state index is 14.0. The summed E-state index contributed by atoms with van der Waals surface area (Å²) < 4.78 is 11.4. The molecule has 0 fully saturated rings. The molecule has 0 heterocycles. The van der Waals surface area contributed by atoms with Gasteiger partial charge in [0.15, 0.2) is 0 Å². The van der Waals surface area contributed by atoms with E-state index in [4.69, 9.17) is 15.2 Å². The van der Waals surface area contributed by atoms with Crippen molar-refractivity contribution in [2.75, 3.05) is 6.61 Å². The zero-order valence-electron chi connectivity index (χ0n) is 43.1. The van der Waals surface area contributed by atoms with E-state index in [1.165, 1.54) is 205 Å². The molecule has 0 amide bonds. The molecule has 1 unspecified atom stereocenters. The first-order chi connectivity index (χ1) is 30.8. The van der Waals surface area contributed by atoms with Gasteiger partial charge in [0, 0.05) is 6.42 Å². The van der Waals surface area contributed by atoms with Crippen molar-refractivity contribution in [3.8, 4) is 0 Å². The molecule has 0 aromatic rings. The Kier molecular flexibility index (Phi) is 47.4. The fraction of sp³-hybridized carbons (Fsp3) is 0.947. The van der Waals surface area contributed by atoms with Gasteiger partial charge >= 0.3 is 17.9 Å². The molecule has 0 spiro atoms. The average Bonchev–Trinajstić information content (AvgIpc) is 3.27. The lowest BCUT2D eigenvalue weighted by atomic mass is 9.75. The summed E-state index contributed by atoms with van der Waals surface area (Å²) in [6, 6.07) is 0. The lowest BCUT2D eigenvalue weighted by Gasteiger charge is -2.35. The van der Waals surface area contributed by atoms with Crippen LogP contribution >= 0.6 is 0 Å². The van der Waals surface area contributed by atoms with Gasteiger partial charge in [0.05, 0.1) is 13.0 Å². The van der Waals surface area contributed by atoms with Gasteiger partial charge in [-0.1, -0.05) is 291 Å². The van der Waals surface area contributed by atoms with Gasteiger partial charge in [0.25, 0.3) is 0 Å². The quantitative estimate of drug-likeness (QED) is 0.0371. The van der Waals surface area contributed by atoms with Crippen LogP contribution in [0.3, 0.4) is 0 Å². The highest BCUT2D eigenvalue weighted by molar-refractivity contribution is 5.91. The number of hydrogen-bond donors (Lipinski definition) is 1. The number of hydrogen-bond acceptors (Lipinski definition) is 6. The Morgan fingerprint density at radius 2 is 0.683 bits per heavy atom. The summed E-state index contributed by atoms with van der Waals surface area (Å²) in [7, 11) is 0. The highest BCUT2D eigenvalue weighted by Crippen LogP contribution is 2.32. The van der Waals surface area contributed by atoms with E-state index in [2.05, 4.69) is 27.7 Å². The normalized spacial score (nSPS) is 13.0. The number of nitrogens with two attached hydrogens (primary N) is 1. The Labute approximate surface area is 393 Å². The van der Waals surface area contributed by atoms with Crippen molar-refractivity contribution in [3.63, 3.8) is 0 Å². The molecule has 2 atom stereocenters. The molecule has 0 radical (unpaired) electrons. The summed E-state index contributed by atoms with van der Waals surface area (Å²) in [5.74, 6) is -1.80.